The minimum atomic E-state index is -0.657. The summed E-state index contributed by atoms with van der Waals surface area (Å²) < 4.78 is 4.67. The van der Waals surface area contributed by atoms with Gasteiger partial charge in [-0.3, -0.25) is 9.59 Å². The first-order chi connectivity index (χ1) is 12.8. The van der Waals surface area contributed by atoms with Crippen molar-refractivity contribution in [2.45, 2.75) is 13.8 Å². The lowest BCUT2D eigenvalue weighted by molar-refractivity contribution is -0.120. The summed E-state index contributed by atoms with van der Waals surface area (Å²) in [6, 6.07) is 11.6. The van der Waals surface area contributed by atoms with Crippen LogP contribution in [0.1, 0.15) is 21.5 Å². The molecule has 7 heteroatoms. The van der Waals surface area contributed by atoms with Gasteiger partial charge in [0, 0.05) is 5.69 Å². The molecule has 0 spiro atoms. The Labute approximate surface area is 161 Å². The van der Waals surface area contributed by atoms with E-state index in [4.69, 9.17) is 11.6 Å². The zero-order chi connectivity index (χ0) is 19.7. The Morgan fingerprint density at radius 1 is 1.04 bits per heavy atom. The van der Waals surface area contributed by atoms with E-state index in [1.807, 2.05) is 26.0 Å². The van der Waals surface area contributed by atoms with Crippen molar-refractivity contribution in [1.82, 2.24) is 0 Å². The van der Waals surface area contributed by atoms with Crippen molar-refractivity contribution in [3.63, 3.8) is 0 Å². The first-order valence-electron chi connectivity index (χ1n) is 8.14. The molecule has 0 bridgehead atoms. The number of imide groups is 1. The number of amides is 2. The van der Waals surface area contributed by atoms with Crippen LogP contribution >= 0.6 is 11.6 Å². The Kier molecular flexibility index (Phi) is 5.01. The van der Waals surface area contributed by atoms with Gasteiger partial charge in [0.15, 0.2) is 0 Å². The molecule has 1 heterocycles. The molecule has 2 aromatic rings. The predicted molar refractivity (Wildman–Crippen MR) is 103 cm³/mol. The maximum absolute atomic E-state index is 12.8. The number of aryl methyl sites for hydroxylation is 2. The topological polar surface area (TPSA) is 75.7 Å². The maximum atomic E-state index is 12.8. The quantitative estimate of drug-likeness (QED) is 0.644. The maximum Gasteiger partial charge on any atom is 0.337 e. The van der Waals surface area contributed by atoms with Crippen LogP contribution in [0.25, 0.3) is 0 Å². The number of halogens is 1. The molecule has 0 unspecified atom stereocenters. The number of carbonyl (C=O) groups excluding carboxylic acids is 3. The molecule has 2 amide bonds. The van der Waals surface area contributed by atoms with Gasteiger partial charge in [0.05, 0.1) is 18.4 Å². The zero-order valence-corrected chi connectivity index (χ0v) is 15.8. The van der Waals surface area contributed by atoms with Gasteiger partial charge in [-0.25, -0.2) is 9.69 Å². The molecule has 0 saturated heterocycles. The van der Waals surface area contributed by atoms with Crippen LogP contribution in [0.3, 0.4) is 0 Å². The van der Waals surface area contributed by atoms with E-state index < -0.39 is 17.8 Å². The number of carbonyl (C=O) groups is 3. The van der Waals surface area contributed by atoms with Crippen molar-refractivity contribution >= 4 is 40.8 Å². The van der Waals surface area contributed by atoms with Crippen LogP contribution in [-0.4, -0.2) is 24.9 Å². The normalized spacial score (nSPS) is 14.0. The largest absolute Gasteiger partial charge is 0.465 e. The van der Waals surface area contributed by atoms with Gasteiger partial charge in [0.2, 0.25) is 0 Å². The minimum Gasteiger partial charge on any atom is -0.465 e. The number of esters is 1. The standard InChI is InChI=1S/C20H17ClN2O4/c1-11-7-8-14(9-12(11)2)22-17-16(21)18(24)23(19(17)25)15-6-4-5-13(10-15)20(26)27-3/h4-10,22H,1-3H3. The predicted octanol–water partition coefficient (Wildman–Crippen LogP) is 3.53. The average molecular weight is 385 g/mol. The molecule has 1 aliphatic heterocycles. The van der Waals surface area contributed by atoms with Gasteiger partial charge in [-0.15, -0.1) is 0 Å². The van der Waals surface area contributed by atoms with E-state index in [9.17, 15) is 14.4 Å². The number of nitrogens with one attached hydrogen (secondary N) is 1. The molecule has 2 aromatic carbocycles. The molecule has 0 atom stereocenters. The Morgan fingerprint density at radius 2 is 1.78 bits per heavy atom. The average Bonchev–Trinajstić information content (AvgIpc) is 2.87. The zero-order valence-electron chi connectivity index (χ0n) is 15.0. The third kappa shape index (κ3) is 3.44. The molecule has 3 rings (SSSR count). The van der Waals surface area contributed by atoms with Crippen molar-refractivity contribution in [2.75, 3.05) is 17.3 Å². The Balaban J connectivity index is 1.92. The van der Waals surface area contributed by atoms with Crippen LogP contribution in [0.5, 0.6) is 0 Å². The van der Waals surface area contributed by atoms with Crippen molar-refractivity contribution in [3.8, 4) is 0 Å². The molecule has 0 saturated carbocycles. The fraction of sp³-hybridized carbons (Fsp3) is 0.150. The van der Waals surface area contributed by atoms with Crippen LogP contribution < -0.4 is 10.2 Å². The Morgan fingerprint density at radius 3 is 2.44 bits per heavy atom. The summed E-state index contributed by atoms with van der Waals surface area (Å²) >= 11 is 6.13. The van der Waals surface area contributed by atoms with E-state index in [-0.39, 0.29) is 22.0 Å². The monoisotopic (exact) mass is 384 g/mol. The van der Waals surface area contributed by atoms with E-state index in [0.29, 0.717) is 5.69 Å². The van der Waals surface area contributed by atoms with Crippen molar-refractivity contribution in [1.29, 1.82) is 0 Å². The van der Waals surface area contributed by atoms with E-state index in [0.717, 1.165) is 16.0 Å². The number of ether oxygens (including phenoxy) is 1. The van der Waals surface area contributed by atoms with Gasteiger partial charge in [-0.2, -0.15) is 0 Å². The highest BCUT2D eigenvalue weighted by atomic mass is 35.5. The highest BCUT2D eigenvalue weighted by Gasteiger charge is 2.39. The summed E-state index contributed by atoms with van der Waals surface area (Å²) in [7, 11) is 1.26. The van der Waals surface area contributed by atoms with E-state index in [1.54, 1.807) is 18.2 Å². The number of benzene rings is 2. The lowest BCUT2D eigenvalue weighted by Gasteiger charge is -2.16. The van der Waals surface area contributed by atoms with Crippen molar-refractivity contribution < 1.29 is 19.1 Å². The third-order valence-electron chi connectivity index (χ3n) is 4.33. The molecule has 0 aromatic heterocycles. The summed E-state index contributed by atoms with van der Waals surface area (Å²) in [5.74, 6) is -1.82. The van der Waals surface area contributed by atoms with Gasteiger partial charge in [0.1, 0.15) is 10.7 Å². The SMILES string of the molecule is COC(=O)c1cccc(N2C(=O)C(Cl)=C(Nc3ccc(C)c(C)c3)C2=O)c1. The minimum absolute atomic E-state index is 0.00612. The lowest BCUT2D eigenvalue weighted by atomic mass is 10.1. The Hall–Kier alpha value is -3.12. The van der Waals surface area contributed by atoms with Crippen molar-refractivity contribution in [2.24, 2.45) is 0 Å². The van der Waals surface area contributed by atoms with Crippen LogP contribution in [0.2, 0.25) is 0 Å². The molecule has 0 radical (unpaired) electrons. The molecule has 6 nitrogen and oxygen atoms in total. The van der Waals surface area contributed by atoms with Crippen LogP contribution in [-0.2, 0) is 14.3 Å². The van der Waals surface area contributed by atoms with E-state index in [2.05, 4.69) is 10.1 Å². The highest BCUT2D eigenvalue weighted by molar-refractivity contribution is 6.53. The van der Waals surface area contributed by atoms with Gasteiger partial charge in [-0.1, -0.05) is 23.7 Å². The smallest absolute Gasteiger partial charge is 0.337 e. The summed E-state index contributed by atoms with van der Waals surface area (Å²) in [4.78, 5) is 38.0. The van der Waals surface area contributed by atoms with Crippen molar-refractivity contribution in [3.05, 3.63) is 69.9 Å². The molecule has 1 aliphatic rings. The van der Waals surface area contributed by atoms with Crippen LogP contribution in [0.15, 0.2) is 53.2 Å². The van der Waals surface area contributed by atoms with Crippen LogP contribution in [0, 0.1) is 13.8 Å². The molecule has 27 heavy (non-hydrogen) atoms. The molecular formula is C20H17ClN2O4. The first kappa shape index (κ1) is 18.7. The van der Waals surface area contributed by atoms with Gasteiger partial charge >= 0.3 is 5.97 Å². The summed E-state index contributed by atoms with van der Waals surface area (Å²) in [5.41, 5.74) is 3.25. The summed E-state index contributed by atoms with van der Waals surface area (Å²) in [6.45, 7) is 3.92. The van der Waals surface area contributed by atoms with Gasteiger partial charge in [0.25, 0.3) is 11.8 Å². The second-order valence-corrected chi connectivity index (χ2v) is 6.48. The summed E-state index contributed by atoms with van der Waals surface area (Å²) in [6.07, 6.45) is 0. The number of methoxy groups -OCH3 is 1. The molecule has 0 fully saturated rings. The number of rotatable bonds is 4. The third-order valence-corrected chi connectivity index (χ3v) is 4.68. The second kappa shape index (κ2) is 7.25. The first-order valence-corrected chi connectivity index (χ1v) is 8.52. The van der Waals surface area contributed by atoms with E-state index in [1.165, 1.54) is 19.2 Å². The Bertz CT molecular complexity index is 997. The van der Waals surface area contributed by atoms with Gasteiger partial charge in [-0.05, 0) is 55.3 Å². The van der Waals surface area contributed by atoms with Gasteiger partial charge < -0.3 is 10.1 Å². The molecular weight excluding hydrogens is 368 g/mol. The fourth-order valence-electron chi connectivity index (χ4n) is 2.70. The fourth-order valence-corrected chi connectivity index (χ4v) is 2.91. The molecule has 0 aliphatic carbocycles. The number of nitrogens with zero attached hydrogens (tertiary/aromatic N) is 1. The number of anilines is 2. The second-order valence-electron chi connectivity index (χ2n) is 6.10. The molecule has 1 N–H and O–H groups in total. The molecule has 138 valence electrons. The van der Waals surface area contributed by atoms with Crippen LogP contribution in [0.4, 0.5) is 11.4 Å². The van der Waals surface area contributed by atoms with E-state index >= 15 is 0 Å². The number of hydrogen-bond donors (Lipinski definition) is 1. The lowest BCUT2D eigenvalue weighted by Crippen LogP contribution is -2.32. The summed E-state index contributed by atoms with van der Waals surface area (Å²) in [5, 5.41) is 2.72. The highest BCUT2D eigenvalue weighted by Crippen LogP contribution is 2.31. The number of hydrogen-bond acceptors (Lipinski definition) is 5.